The van der Waals surface area contributed by atoms with Gasteiger partial charge >= 0.3 is 6.03 Å². The van der Waals surface area contributed by atoms with Gasteiger partial charge in [0.15, 0.2) is 0 Å². The standard InChI is InChI=1S/C29H34FN5O4/c1-18-15-34(19(2)14-33(18)16-20-7-10-22(30)11-8-20)27(37)24-17-35(29(39)32(5)6)25-12-9-21(13-23(24)25)26(36)28(38)31(3)4/h7-13,17-19H,14-16H2,1-6H3/t18-,19+/m0/s1. The van der Waals surface area contributed by atoms with Gasteiger partial charge in [-0.3, -0.25) is 23.9 Å². The highest BCUT2D eigenvalue weighted by Gasteiger charge is 2.34. The minimum Gasteiger partial charge on any atom is -0.342 e. The molecular formula is C29H34FN5O4. The summed E-state index contributed by atoms with van der Waals surface area (Å²) in [5, 5.41) is 0.432. The zero-order chi connectivity index (χ0) is 28.6. The Kier molecular flexibility index (Phi) is 7.87. The lowest BCUT2D eigenvalue weighted by Crippen LogP contribution is -2.57. The van der Waals surface area contributed by atoms with Gasteiger partial charge in [0.1, 0.15) is 5.82 Å². The van der Waals surface area contributed by atoms with Crippen molar-refractivity contribution in [3.63, 3.8) is 0 Å². The summed E-state index contributed by atoms with van der Waals surface area (Å²) < 4.78 is 14.7. The minimum atomic E-state index is -0.691. The van der Waals surface area contributed by atoms with E-state index in [0.29, 0.717) is 30.5 Å². The molecule has 206 valence electrons. The van der Waals surface area contributed by atoms with Crippen LogP contribution in [0.3, 0.4) is 0 Å². The van der Waals surface area contributed by atoms with E-state index in [0.717, 1.165) is 5.56 Å². The summed E-state index contributed by atoms with van der Waals surface area (Å²) in [6.45, 7) is 5.71. The highest BCUT2D eigenvalue weighted by Crippen LogP contribution is 2.28. The van der Waals surface area contributed by atoms with Crippen LogP contribution in [-0.4, -0.2) is 101 Å². The van der Waals surface area contributed by atoms with Crippen LogP contribution in [0.25, 0.3) is 10.9 Å². The molecule has 1 aliphatic heterocycles. The highest BCUT2D eigenvalue weighted by molar-refractivity contribution is 6.43. The molecule has 0 aliphatic carbocycles. The van der Waals surface area contributed by atoms with Crippen LogP contribution in [0, 0.1) is 5.82 Å². The van der Waals surface area contributed by atoms with E-state index < -0.39 is 11.7 Å². The summed E-state index contributed by atoms with van der Waals surface area (Å²) in [6.07, 6.45) is 1.51. The summed E-state index contributed by atoms with van der Waals surface area (Å²) >= 11 is 0. The fourth-order valence-electron chi connectivity index (χ4n) is 4.92. The molecular weight excluding hydrogens is 501 g/mol. The summed E-state index contributed by atoms with van der Waals surface area (Å²) in [5.74, 6) is -1.90. The zero-order valence-electron chi connectivity index (χ0n) is 23.1. The Hall–Kier alpha value is -4.05. The van der Waals surface area contributed by atoms with Gasteiger partial charge in [0, 0.05) is 77.1 Å². The van der Waals surface area contributed by atoms with E-state index in [4.69, 9.17) is 0 Å². The molecule has 0 bridgehead atoms. The number of aromatic nitrogens is 1. The fourth-order valence-corrected chi connectivity index (χ4v) is 4.92. The number of carbonyl (C=O) groups excluding carboxylic acids is 4. The number of carbonyl (C=O) groups is 4. The number of nitrogens with zero attached hydrogens (tertiary/aromatic N) is 5. The van der Waals surface area contributed by atoms with Gasteiger partial charge in [0.25, 0.3) is 11.8 Å². The molecule has 0 radical (unpaired) electrons. The Labute approximate surface area is 227 Å². The monoisotopic (exact) mass is 535 g/mol. The van der Waals surface area contributed by atoms with Crippen molar-refractivity contribution in [1.29, 1.82) is 0 Å². The molecule has 9 nitrogen and oxygen atoms in total. The molecule has 2 aromatic carbocycles. The Morgan fingerprint density at radius 3 is 2.18 bits per heavy atom. The normalized spacial score (nSPS) is 17.8. The molecule has 0 unspecified atom stereocenters. The number of amides is 3. The second-order valence-corrected chi connectivity index (χ2v) is 10.6. The molecule has 39 heavy (non-hydrogen) atoms. The van der Waals surface area contributed by atoms with Crippen LogP contribution in [-0.2, 0) is 11.3 Å². The maximum Gasteiger partial charge on any atom is 0.328 e. The van der Waals surface area contributed by atoms with Crippen molar-refractivity contribution in [1.82, 2.24) is 24.2 Å². The first kappa shape index (κ1) is 28.0. The number of hydrogen-bond acceptors (Lipinski definition) is 5. The fraction of sp³-hybridized carbons (Fsp3) is 0.379. The SMILES string of the molecule is C[C@@H]1CN(Cc2ccc(F)cc2)[C@@H](C)CN1C(=O)c1cn(C(=O)N(C)C)c2ccc(C(=O)C(=O)N(C)C)cc12. The van der Waals surface area contributed by atoms with Gasteiger partial charge in [-0.15, -0.1) is 0 Å². The number of hydrogen-bond donors (Lipinski definition) is 0. The third-order valence-electron chi connectivity index (χ3n) is 7.16. The first-order chi connectivity index (χ1) is 18.4. The Morgan fingerprint density at radius 1 is 0.897 bits per heavy atom. The van der Waals surface area contributed by atoms with Crippen LogP contribution in [0.1, 0.15) is 40.1 Å². The molecule has 2 atom stereocenters. The Bertz CT molecular complexity index is 1430. The molecule has 0 N–H and O–H groups in total. The van der Waals surface area contributed by atoms with Gasteiger partial charge in [0.2, 0.25) is 5.78 Å². The smallest absolute Gasteiger partial charge is 0.328 e. The molecule has 1 aliphatic rings. The molecule has 4 rings (SSSR count). The molecule has 1 aromatic heterocycles. The van der Waals surface area contributed by atoms with Gasteiger partial charge in [-0.1, -0.05) is 12.1 Å². The van der Waals surface area contributed by atoms with E-state index >= 15 is 0 Å². The van der Waals surface area contributed by atoms with Crippen LogP contribution >= 0.6 is 0 Å². The number of benzene rings is 2. The van der Waals surface area contributed by atoms with E-state index in [9.17, 15) is 23.6 Å². The molecule has 3 aromatic rings. The lowest BCUT2D eigenvalue weighted by atomic mass is 10.0. The second-order valence-electron chi connectivity index (χ2n) is 10.6. The van der Waals surface area contributed by atoms with Crippen LogP contribution in [0.5, 0.6) is 0 Å². The largest absolute Gasteiger partial charge is 0.342 e. The first-order valence-electron chi connectivity index (χ1n) is 12.8. The van der Waals surface area contributed by atoms with Crippen LogP contribution in [0.4, 0.5) is 9.18 Å². The van der Waals surface area contributed by atoms with Crippen molar-refractivity contribution >= 4 is 34.5 Å². The number of likely N-dealkylation sites (N-methyl/N-ethyl adjacent to an activating group) is 1. The van der Waals surface area contributed by atoms with Gasteiger partial charge < -0.3 is 14.7 Å². The molecule has 2 heterocycles. The third kappa shape index (κ3) is 5.56. The second kappa shape index (κ2) is 11.0. The molecule has 0 spiro atoms. The van der Waals surface area contributed by atoms with Crippen molar-refractivity contribution in [3.8, 4) is 0 Å². The van der Waals surface area contributed by atoms with Crippen LogP contribution in [0.15, 0.2) is 48.7 Å². The topological polar surface area (TPSA) is 86.2 Å². The molecule has 1 fully saturated rings. The van der Waals surface area contributed by atoms with Crippen LogP contribution in [0.2, 0.25) is 0 Å². The third-order valence-corrected chi connectivity index (χ3v) is 7.16. The van der Waals surface area contributed by atoms with Gasteiger partial charge in [-0.2, -0.15) is 0 Å². The molecule has 0 saturated carbocycles. The summed E-state index contributed by atoms with van der Waals surface area (Å²) in [7, 11) is 6.23. The number of rotatable bonds is 5. The van der Waals surface area contributed by atoms with E-state index in [2.05, 4.69) is 4.90 Å². The van der Waals surface area contributed by atoms with Crippen molar-refractivity contribution in [2.75, 3.05) is 41.3 Å². The van der Waals surface area contributed by atoms with Gasteiger partial charge in [-0.25, -0.2) is 9.18 Å². The van der Waals surface area contributed by atoms with E-state index in [1.165, 1.54) is 58.9 Å². The maximum absolute atomic E-state index is 14.0. The first-order valence-corrected chi connectivity index (χ1v) is 12.8. The Morgan fingerprint density at radius 2 is 1.56 bits per heavy atom. The number of ketones is 1. The number of halogens is 1. The number of fused-ring (bicyclic) bond motifs is 1. The lowest BCUT2D eigenvalue weighted by Gasteiger charge is -2.44. The minimum absolute atomic E-state index is 0.0295. The molecule has 10 heteroatoms. The predicted octanol–water partition coefficient (Wildman–Crippen LogP) is 3.32. The van der Waals surface area contributed by atoms with Crippen molar-refractivity contribution in [3.05, 3.63) is 71.2 Å². The quantitative estimate of drug-likeness (QED) is 0.370. The molecule has 1 saturated heterocycles. The van der Waals surface area contributed by atoms with Gasteiger partial charge in [0.05, 0.1) is 11.1 Å². The zero-order valence-corrected chi connectivity index (χ0v) is 23.1. The highest BCUT2D eigenvalue weighted by atomic mass is 19.1. The van der Waals surface area contributed by atoms with Crippen molar-refractivity contribution < 1.29 is 23.6 Å². The number of Topliss-reactive ketones (excluding diaryl/α,β-unsaturated/α-hetero) is 1. The molecule has 3 amide bonds. The summed E-state index contributed by atoms with van der Waals surface area (Å²) in [4.78, 5) is 58.6. The average Bonchev–Trinajstić information content (AvgIpc) is 3.28. The lowest BCUT2D eigenvalue weighted by molar-refractivity contribution is -0.124. The number of piperazine rings is 1. The Balaban J connectivity index is 1.67. The van der Waals surface area contributed by atoms with E-state index in [1.54, 1.807) is 37.2 Å². The van der Waals surface area contributed by atoms with E-state index in [-0.39, 0.29) is 41.0 Å². The summed E-state index contributed by atoms with van der Waals surface area (Å²) in [5.41, 5.74) is 1.90. The van der Waals surface area contributed by atoms with E-state index in [1.807, 2.05) is 13.8 Å². The summed E-state index contributed by atoms with van der Waals surface area (Å²) in [6, 6.07) is 10.6. The van der Waals surface area contributed by atoms with Crippen molar-refractivity contribution in [2.45, 2.75) is 32.5 Å². The van der Waals surface area contributed by atoms with Crippen molar-refractivity contribution in [2.24, 2.45) is 0 Å². The maximum atomic E-state index is 14.0. The van der Waals surface area contributed by atoms with Gasteiger partial charge in [-0.05, 0) is 49.7 Å². The predicted molar refractivity (Wildman–Crippen MR) is 146 cm³/mol. The van der Waals surface area contributed by atoms with Crippen LogP contribution < -0.4 is 0 Å². The average molecular weight is 536 g/mol.